The Labute approximate surface area is 123 Å². The maximum atomic E-state index is 4.34. The predicted molar refractivity (Wildman–Crippen MR) is 86.0 cm³/mol. The quantitative estimate of drug-likeness (QED) is 0.892. The van der Waals surface area contributed by atoms with E-state index in [-0.39, 0.29) is 0 Å². The lowest BCUT2D eigenvalue weighted by Crippen LogP contribution is -2.40. The number of anilines is 1. The average Bonchev–Trinajstić information content (AvgIpc) is 2.37. The van der Waals surface area contributed by atoms with Gasteiger partial charge < -0.3 is 10.2 Å². The van der Waals surface area contributed by atoms with E-state index in [1.807, 2.05) is 12.4 Å². The smallest absolute Gasteiger partial charge is 0.0598 e. The molecule has 1 aromatic heterocycles. The molecule has 1 aliphatic rings. The summed E-state index contributed by atoms with van der Waals surface area (Å²) in [5.74, 6) is 0.689. The highest BCUT2D eigenvalue weighted by molar-refractivity contribution is 5.52. The van der Waals surface area contributed by atoms with Crippen molar-refractivity contribution in [1.29, 1.82) is 0 Å². The number of nitrogens with zero attached hydrogens (tertiary/aromatic N) is 2. The molecule has 1 aromatic rings. The van der Waals surface area contributed by atoms with Gasteiger partial charge in [0.15, 0.2) is 0 Å². The topological polar surface area (TPSA) is 28.2 Å². The lowest BCUT2D eigenvalue weighted by molar-refractivity contribution is 0.292. The average molecular weight is 275 g/mol. The zero-order valence-electron chi connectivity index (χ0n) is 13.4. The molecular weight excluding hydrogens is 246 g/mol. The molecule has 1 aliphatic heterocycles. The second-order valence-electron chi connectivity index (χ2n) is 7.22. The van der Waals surface area contributed by atoms with Gasteiger partial charge in [-0.05, 0) is 42.3 Å². The summed E-state index contributed by atoms with van der Waals surface area (Å²) in [7, 11) is 0. The SMILES string of the molecule is CC(C)CNCc1ccncc1N1CCCC(C)(C)C1. The van der Waals surface area contributed by atoms with Crippen molar-refractivity contribution in [3.8, 4) is 0 Å². The Hall–Kier alpha value is -1.09. The molecule has 0 aliphatic carbocycles. The van der Waals surface area contributed by atoms with Crippen LogP contribution >= 0.6 is 0 Å². The van der Waals surface area contributed by atoms with E-state index in [0.717, 1.165) is 26.2 Å². The molecule has 0 unspecified atom stereocenters. The Bertz CT molecular complexity index is 426. The maximum absolute atomic E-state index is 4.34. The van der Waals surface area contributed by atoms with Gasteiger partial charge in [-0.25, -0.2) is 0 Å². The largest absolute Gasteiger partial charge is 0.369 e. The zero-order chi connectivity index (χ0) is 14.6. The summed E-state index contributed by atoms with van der Waals surface area (Å²) < 4.78 is 0. The van der Waals surface area contributed by atoms with E-state index >= 15 is 0 Å². The van der Waals surface area contributed by atoms with Crippen LogP contribution in [0.1, 0.15) is 46.1 Å². The van der Waals surface area contributed by atoms with E-state index in [9.17, 15) is 0 Å². The molecule has 0 radical (unpaired) electrons. The van der Waals surface area contributed by atoms with Gasteiger partial charge in [0.2, 0.25) is 0 Å². The van der Waals surface area contributed by atoms with Crippen LogP contribution in [0, 0.1) is 11.3 Å². The first kappa shape index (κ1) is 15.3. The summed E-state index contributed by atoms with van der Waals surface area (Å²) in [5, 5.41) is 3.55. The van der Waals surface area contributed by atoms with E-state index in [2.05, 4.69) is 49.0 Å². The van der Waals surface area contributed by atoms with E-state index < -0.39 is 0 Å². The number of pyridine rings is 1. The van der Waals surface area contributed by atoms with Gasteiger partial charge in [0.1, 0.15) is 0 Å². The van der Waals surface area contributed by atoms with Gasteiger partial charge in [0.25, 0.3) is 0 Å². The van der Waals surface area contributed by atoms with Gasteiger partial charge in [-0.15, -0.1) is 0 Å². The highest BCUT2D eigenvalue weighted by Crippen LogP contribution is 2.32. The Morgan fingerprint density at radius 3 is 2.90 bits per heavy atom. The zero-order valence-corrected chi connectivity index (χ0v) is 13.4. The third-order valence-corrected chi connectivity index (χ3v) is 4.00. The molecule has 3 heteroatoms. The number of hydrogen-bond donors (Lipinski definition) is 1. The van der Waals surface area contributed by atoms with Gasteiger partial charge in [0, 0.05) is 25.8 Å². The highest BCUT2D eigenvalue weighted by Gasteiger charge is 2.27. The van der Waals surface area contributed by atoms with Crippen molar-refractivity contribution in [3.63, 3.8) is 0 Å². The molecule has 112 valence electrons. The van der Waals surface area contributed by atoms with Gasteiger partial charge >= 0.3 is 0 Å². The summed E-state index contributed by atoms with van der Waals surface area (Å²) >= 11 is 0. The van der Waals surface area contributed by atoms with Crippen molar-refractivity contribution in [1.82, 2.24) is 10.3 Å². The van der Waals surface area contributed by atoms with Crippen molar-refractivity contribution in [2.75, 3.05) is 24.5 Å². The molecule has 2 heterocycles. The minimum absolute atomic E-state index is 0.413. The molecule has 1 N–H and O–H groups in total. The van der Waals surface area contributed by atoms with Gasteiger partial charge in [-0.2, -0.15) is 0 Å². The van der Waals surface area contributed by atoms with E-state index in [1.165, 1.54) is 24.1 Å². The molecule has 0 aromatic carbocycles. The number of aromatic nitrogens is 1. The molecule has 1 saturated heterocycles. The van der Waals surface area contributed by atoms with Crippen molar-refractivity contribution in [3.05, 3.63) is 24.0 Å². The second kappa shape index (κ2) is 6.57. The molecule has 2 rings (SSSR count). The van der Waals surface area contributed by atoms with Gasteiger partial charge in [-0.1, -0.05) is 27.7 Å². The molecule has 0 bridgehead atoms. The Balaban J connectivity index is 2.07. The molecule has 1 fully saturated rings. The molecule has 0 saturated carbocycles. The second-order valence-corrected chi connectivity index (χ2v) is 7.22. The van der Waals surface area contributed by atoms with Crippen LogP contribution in [0.5, 0.6) is 0 Å². The Morgan fingerprint density at radius 1 is 1.40 bits per heavy atom. The van der Waals surface area contributed by atoms with Crippen molar-refractivity contribution < 1.29 is 0 Å². The molecule has 0 amide bonds. The highest BCUT2D eigenvalue weighted by atomic mass is 15.2. The summed E-state index contributed by atoms with van der Waals surface area (Å²) in [6.45, 7) is 13.5. The molecule has 20 heavy (non-hydrogen) atoms. The molecular formula is C17H29N3. The van der Waals surface area contributed by atoms with E-state index in [4.69, 9.17) is 0 Å². The number of rotatable bonds is 5. The monoisotopic (exact) mass is 275 g/mol. The summed E-state index contributed by atoms with van der Waals surface area (Å²) in [4.78, 5) is 6.86. The van der Waals surface area contributed by atoms with Crippen LogP contribution in [-0.4, -0.2) is 24.6 Å². The lowest BCUT2D eigenvalue weighted by atomic mass is 9.84. The first-order chi connectivity index (χ1) is 9.48. The standard InChI is InChI=1S/C17H29N3/c1-14(2)10-19-11-15-6-8-18-12-16(15)20-9-5-7-17(3,4)13-20/h6,8,12,14,19H,5,7,9-11,13H2,1-4H3. The van der Waals surface area contributed by atoms with Crippen LogP contribution in [0.2, 0.25) is 0 Å². The predicted octanol–water partition coefficient (Wildman–Crippen LogP) is 3.45. The van der Waals surface area contributed by atoms with Crippen LogP contribution in [0.25, 0.3) is 0 Å². The van der Waals surface area contributed by atoms with Crippen molar-refractivity contribution >= 4 is 5.69 Å². The minimum atomic E-state index is 0.413. The fourth-order valence-electron chi connectivity index (χ4n) is 2.97. The van der Waals surface area contributed by atoms with Crippen LogP contribution in [0.3, 0.4) is 0 Å². The van der Waals surface area contributed by atoms with Crippen LogP contribution < -0.4 is 10.2 Å². The molecule has 0 atom stereocenters. The first-order valence-electron chi connectivity index (χ1n) is 7.86. The van der Waals surface area contributed by atoms with Crippen molar-refractivity contribution in [2.24, 2.45) is 11.3 Å². The molecule has 0 spiro atoms. The summed E-state index contributed by atoms with van der Waals surface area (Å²) in [6, 6.07) is 2.16. The fraction of sp³-hybridized carbons (Fsp3) is 0.706. The van der Waals surface area contributed by atoms with Crippen molar-refractivity contribution in [2.45, 2.75) is 47.1 Å². The third kappa shape index (κ3) is 4.20. The van der Waals surface area contributed by atoms with Crippen LogP contribution in [-0.2, 0) is 6.54 Å². The first-order valence-corrected chi connectivity index (χ1v) is 7.86. The fourth-order valence-corrected chi connectivity index (χ4v) is 2.97. The summed E-state index contributed by atoms with van der Waals surface area (Å²) in [5.41, 5.74) is 3.10. The van der Waals surface area contributed by atoms with Crippen LogP contribution in [0.15, 0.2) is 18.5 Å². The Kier molecular flexibility index (Phi) is 5.03. The van der Waals surface area contributed by atoms with E-state index in [1.54, 1.807) is 0 Å². The van der Waals surface area contributed by atoms with Gasteiger partial charge in [0.05, 0.1) is 11.9 Å². The van der Waals surface area contributed by atoms with E-state index in [0.29, 0.717) is 11.3 Å². The number of hydrogen-bond acceptors (Lipinski definition) is 3. The normalized spacial score (nSPS) is 18.6. The van der Waals surface area contributed by atoms with Gasteiger partial charge in [-0.3, -0.25) is 4.98 Å². The number of nitrogens with one attached hydrogen (secondary N) is 1. The third-order valence-electron chi connectivity index (χ3n) is 4.00. The lowest BCUT2D eigenvalue weighted by Gasteiger charge is -2.40. The number of piperidine rings is 1. The van der Waals surface area contributed by atoms with Crippen LogP contribution in [0.4, 0.5) is 5.69 Å². The maximum Gasteiger partial charge on any atom is 0.0598 e. The summed E-state index contributed by atoms with van der Waals surface area (Å²) in [6.07, 6.45) is 6.55. The minimum Gasteiger partial charge on any atom is -0.369 e. The Morgan fingerprint density at radius 2 is 2.20 bits per heavy atom. The molecule has 3 nitrogen and oxygen atoms in total.